The van der Waals surface area contributed by atoms with E-state index in [0.717, 1.165) is 16.3 Å². The van der Waals surface area contributed by atoms with E-state index in [1.54, 1.807) is 0 Å². The lowest BCUT2D eigenvalue weighted by Gasteiger charge is -2.30. The van der Waals surface area contributed by atoms with Crippen LogP contribution in [0.2, 0.25) is 0 Å². The highest BCUT2D eigenvalue weighted by Crippen LogP contribution is 2.29. The second kappa shape index (κ2) is 29.9. The van der Waals surface area contributed by atoms with Crippen LogP contribution >= 0.6 is 0 Å². The van der Waals surface area contributed by atoms with Crippen molar-refractivity contribution < 1.29 is 78.3 Å². The van der Waals surface area contributed by atoms with Gasteiger partial charge in [0, 0.05) is 50.9 Å². The quantitative estimate of drug-likeness (QED) is 0.0241. The number of nitrogens with two attached hydrogens (primary N) is 1. The van der Waals surface area contributed by atoms with Crippen LogP contribution < -0.4 is 48.5 Å². The number of nitrogen functional groups attached to an aromatic ring is 1. The molecule has 7 amide bonds. The topological polar surface area (TPSA) is 424 Å². The maximum atomic E-state index is 13.8. The van der Waals surface area contributed by atoms with E-state index in [4.69, 9.17) is 10.9 Å². The van der Waals surface area contributed by atoms with Gasteiger partial charge in [0.15, 0.2) is 0 Å². The summed E-state index contributed by atoms with van der Waals surface area (Å²) in [4.78, 5) is 141. The number of urea groups is 1. The Labute approximate surface area is 429 Å². The highest BCUT2D eigenvalue weighted by Gasteiger charge is 2.32. The molecule has 1 heterocycles. The fourth-order valence-corrected chi connectivity index (χ4v) is 8.25. The predicted octanol–water partition coefficient (Wildman–Crippen LogP) is 0.840. The van der Waals surface area contributed by atoms with Gasteiger partial charge in [0.1, 0.15) is 36.0 Å². The Hall–Kier alpha value is -8.42. The number of carboxylic acids is 5. The van der Waals surface area contributed by atoms with Crippen LogP contribution in [0.15, 0.2) is 60.8 Å². The molecular weight excluding hydrogens is 985 g/mol. The lowest BCUT2D eigenvalue weighted by Crippen LogP contribution is -2.54. The average molecular weight is 1050 g/mol. The number of carbonyl (C=O) groups is 11. The smallest absolute Gasteiger partial charge is 0.326 e. The van der Waals surface area contributed by atoms with Crippen molar-refractivity contribution in [3.63, 3.8) is 0 Å². The fourth-order valence-electron chi connectivity index (χ4n) is 8.25. The van der Waals surface area contributed by atoms with Crippen LogP contribution in [-0.2, 0) is 49.6 Å². The van der Waals surface area contributed by atoms with E-state index in [1.807, 2.05) is 42.5 Å². The number of hydrazine groups is 1. The number of nitrogens with zero attached hydrogens (tertiary/aromatic N) is 1. The van der Waals surface area contributed by atoms with Gasteiger partial charge in [-0.05, 0) is 98.6 Å². The molecule has 3 aromatic rings. The lowest BCUT2D eigenvalue weighted by molar-refractivity contribution is -0.141. The van der Waals surface area contributed by atoms with Crippen molar-refractivity contribution in [1.82, 2.24) is 42.2 Å². The van der Waals surface area contributed by atoms with Crippen LogP contribution in [0.3, 0.4) is 0 Å². The largest absolute Gasteiger partial charge is 0.481 e. The van der Waals surface area contributed by atoms with Crippen LogP contribution in [0, 0.1) is 11.8 Å². The van der Waals surface area contributed by atoms with Crippen LogP contribution in [-0.4, -0.2) is 139 Å². The zero-order valence-electron chi connectivity index (χ0n) is 40.9. The third kappa shape index (κ3) is 20.5. The van der Waals surface area contributed by atoms with E-state index in [0.29, 0.717) is 25.7 Å². The molecule has 75 heavy (non-hydrogen) atoms. The molecule has 0 bridgehead atoms. The predicted molar refractivity (Wildman–Crippen MR) is 265 cm³/mol. The third-order valence-electron chi connectivity index (χ3n) is 12.5. The van der Waals surface area contributed by atoms with Gasteiger partial charge in [-0.25, -0.2) is 25.2 Å². The number of anilines is 1. The minimum atomic E-state index is -1.57. The molecule has 4 rings (SSSR count). The first-order chi connectivity index (χ1) is 35.7. The summed E-state index contributed by atoms with van der Waals surface area (Å²) in [5, 5.41) is 66.0. The molecule has 5 unspecified atom stereocenters. The van der Waals surface area contributed by atoms with Gasteiger partial charge in [-0.3, -0.25) is 38.4 Å². The number of aromatic nitrogens is 1. The van der Waals surface area contributed by atoms with Crippen molar-refractivity contribution >= 4 is 82.0 Å². The van der Waals surface area contributed by atoms with E-state index in [9.17, 15) is 73.2 Å². The molecule has 1 fully saturated rings. The summed E-state index contributed by atoms with van der Waals surface area (Å²) in [5.74, 6) is -5.04. The van der Waals surface area contributed by atoms with Crippen LogP contribution in [0.5, 0.6) is 0 Å². The Morgan fingerprint density at radius 2 is 1.15 bits per heavy atom. The van der Waals surface area contributed by atoms with E-state index in [1.165, 1.54) is 18.3 Å². The number of rotatable bonds is 31. The van der Waals surface area contributed by atoms with Gasteiger partial charge in [0.25, 0.3) is 5.91 Å². The lowest BCUT2D eigenvalue weighted by atomic mass is 9.81. The Bertz CT molecular complexity index is 2520. The summed E-state index contributed by atoms with van der Waals surface area (Å²) in [7, 11) is 0. The SMILES string of the molecule is NNc1ccc(C(=O)NC(CCC(=O)O)C(=O)NC(CCC(=O)O)C(=O)NCC2CCC(C(=O)NC(Cc3ccc4ccccc4c3)C(=O)NCCCCC(NC(=O)NC(CCC(=O)O)C(=O)O)C(=O)O)CC2)cn1. The first-order valence-corrected chi connectivity index (χ1v) is 24.3. The Balaban J connectivity index is 1.33. The maximum Gasteiger partial charge on any atom is 0.326 e. The Morgan fingerprint density at radius 1 is 0.573 bits per heavy atom. The molecule has 5 atom stereocenters. The van der Waals surface area contributed by atoms with Gasteiger partial charge in [-0.1, -0.05) is 42.5 Å². The zero-order chi connectivity index (χ0) is 55.0. The minimum absolute atomic E-state index is 0.0212. The van der Waals surface area contributed by atoms with E-state index in [-0.39, 0.29) is 74.8 Å². The number of amides is 7. The van der Waals surface area contributed by atoms with Crippen molar-refractivity contribution in [2.45, 2.75) is 120 Å². The first kappa shape index (κ1) is 59.1. The van der Waals surface area contributed by atoms with Crippen molar-refractivity contribution in [2.75, 3.05) is 18.5 Å². The van der Waals surface area contributed by atoms with E-state index < -0.39 is 121 Å². The molecule has 26 heteroatoms. The van der Waals surface area contributed by atoms with Crippen molar-refractivity contribution in [3.05, 3.63) is 71.9 Å². The number of carbonyl (C=O) groups excluding carboxylic acids is 6. The van der Waals surface area contributed by atoms with Gasteiger partial charge in [-0.15, -0.1) is 0 Å². The number of hydrogen-bond acceptors (Lipinski definition) is 14. The second-order valence-electron chi connectivity index (χ2n) is 18.1. The van der Waals surface area contributed by atoms with Crippen molar-refractivity contribution in [1.29, 1.82) is 0 Å². The molecule has 26 nitrogen and oxygen atoms in total. The average Bonchev–Trinajstić information content (AvgIpc) is 3.38. The first-order valence-electron chi connectivity index (χ1n) is 24.3. The maximum absolute atomic E-state index is 13.8. The summed E-state index contributed by atoms with van der Waals surface area (Å²) < 4.78 is 0. The summed E-state index contributed by atoms with van der Waals surface area (Å²) >= 11 is 0. The number of aliphatic carboxylic acids is 5. The number of pyridine rings is 1. The van der Waals surface area contributed by atoms with Crippen LogP contribution in [0.25, 0.3) is 10.8 Å². The molecule has 2 aromatic carbocycles. The number of benzene rings is 2. The molecular formula is C49H64N10O16. The fraction of sp³-hybridized carbons (Fsp3) is 0.469. The molecule has 1 aromatic heterocycles. The number of unbranched alkanes of at least 4 members (excludes halogenated alkanes) is 1. The van der Waals surface area contributed by atoms with Gasteiger partial charge >= 0.3 is 35.9 Å². The number of carboxylic acid groups (broad SMARTS) is 5. The highest BCUT2D eigenvalue weighted by atomic mass is 16.4. The third-order valence-corrected chi connectivity index (χ3v) is 12.5. The molecule has 1 aliphatic carbocycles. The highest BCUT2D eigenvalue weighted by molar-refractivity contribution is 5.98. The number of nitrogens with one attached hydrogen (secondary N) is 8. The molecule has 0 spiro atoms. The standard InChI is InChI=1S/C49H64N10O16/c50-59-38-18-14-32(26-52-38)43(67)54-34(16-20-40(62)63)46(70)55-33(15-19-39(60)61)44(68)53-25-27-8-12-30(13-9-27)42(66)56-37(24-28-10-11-29-5-1-2-6-31(29)23-28)45(69)51-22-4-3-7-35(47(71)72)57-49(75)58-36(48(73)74)17-21-41(64)65/h1-2,5-6,10-11,14,18,23,26-27,30,33-37H,3-4,7-9,12-13,15-17,19-22,24-25,50H2,(H,51,69)(H,52,59)(H,53,68)(H,54,67)(H,55,70)(H,56,66)(H,60,61)(H,62,63)(H,64,65)(H,71,72)(H,73,74)(H2,57,58,75). The molecule has 0 aliphatic heterocycles. The van der Waals surface area contributed by atoms with Crippen molar-refractivity contribution in [3.8, 4) is 0 Å². The zero-order valence-corrected chi connectivity index (χ0v) is 40.9. The number of fused-ring (bicyclic) bond motifs is 1. The summed E-state index contributed by atoms with van der Waals surface area (Å²) in [5.41, 5.74) is 3.09. The molecule has 0 saturated heterocycles. The monoisotopic (exact) mass is 1050 g/mol. The van der Waals surface area contributed by atoms with Gasteiger partial charge in [-0.2, -0.15) is 0 Å². The summed E-state index contributed by atoms with van der Waals surface area (Å²) in [6.45, 7) is 0.175. The van der Waals surface area contributed by atoms with Crippen molar-refractivity contribution in [2.24, 2.45) is 17.7 Å². The molecule has 15 N–H and O–H groups in total. The normalized spacial score (nSPS) is 16.0. The molecule has 1 saturated carbocycles. The molecule has 1 aliphatic rings. The van der Waals surface area contributed by atoms with E-state index in [2.05, 4.69) is 47.6 Å². The Kier molecular flexibility index (Phi) is 23.6. The van der Waals surface area contributed by atoms with Crippen LogP contribution in [0.1, 0.15) is 99.4 Å². The second-order valence-corrected chi connectivity index (χ2v) is 18.1. The molecule has 0 radical (unpaired) electrons. The minimum Gasteiger partial charge on any atom is -0.481 e. The summed E-state index contributed by atoms with van der Waals surface area (Å²) in [6.07, 6.45) is 0.687. The van der Waals surface area contributed by atoms with Gasteiger partial charge in [0.2, 0.25) is 23.6 Å². The van der Waals surface area contributed by atoms with E-state index >= 15 is 0 Å². The number of hydrogen-bond donors (Lipinski definition) is 14. The summed E-state index contributed by atoms with van der Waals surface area (Å²) in [6, 6.07) is 8.08. The van der Waals surface area contributed by atoms with Gasteiger partial charge in [0.05, 0.1) is 5.56 Å². The van der Waals surface area contributed by atoms with Gasteiger partial charge < -0.3 is 68.2 Å². The Morgan fingerprint density at radius 3 is 1.72 bits per heavy atom. The molecule has 406 valence electrons. The van der Waals surface area contributed by atoms with Crippen LogP contribution in [0.4, 0.5) is 10.6 Å².